The van der Waals surface area contributed by atoms with Crippen LogP contribution in [0.15, 0.2) is 6.20 Å². The molecule has 1 aromatic heterocycles. The van der Waals surface area contributed by atoms with Gasteiger partial charge in [0.15, 0.2) is 0 Å². The fourth-order valence-corrected chi connectivity index (χ4v) is 1.48. The van der Waals surface area contributed by atoms with Crippen LogP contribution < -0.4 is 0 Å². The zero-order valence-corrected chi connectivity index (χ0v) is 9.38. The highest BCUT2D eigenvalue weighted by Gasteiger charge is 2.08. The fourth-order valence-electron chi connectivity index (χ4n) is 1.48. The summed E-state index contributed by atoms with van der Waals surface area (Å²) in [5, 5.41) is 6.99. The fraction of sp³-hybridized carbons (Fsp3) is 0.636. The molecular formula is C11H18N2O2. The second-order valence-electron chi connectivity index (χ2n) is 3.41. The molecule has 15 heavy (non-hydrogen) atoms. The van der Waals surface area contributed by atoms with Gasteiger partial charge in [-0.3, -0.25) is 9.89 Å². The smallest absolute Gasteiger partial charge is 0.306 e. The van der Waals surface area contributed by atoms with E-state index in [1.807, 2.05) is 13.1 Å². The van der Waals surface area contributed by atoms with Gasteiger partial charge in [-0.25, -0.2) is 0 Å². The lowest BCUT2D eigenvalue weighted by Gasteiger charge is -2.01. The molecule has 0 saturated heterocycles. The number of H-pyrrole nitrogens is 1. The molecule has 0 aliphatic heterocycles. The minimum absolute atomic E-state index is 0.138. The second kappa shape index (κ2) is 6.22. The Morgan fingerprint density at radius 2 is 2.27 bits per heavy atom. The molecule has 1 aromatic rings. The van der Waals surface area contributed by atoms with E-state index < -0.39 is 0 Å². The van der Waals surface area contributed by atoms with Crippen molar-refractivity contribution in [3.63, 3.8) is 0 Å². The number of aromatic amines is 1. The lowest BCUT2D eigenvalue weighted by Crippen LogP contribution is -2.05. The van der Waals surface area contributed by atoms with E-state index >= 15 is 0 Å². The van der Waals surface area contributed by atoms with E-state index in [0.29, 0.717) is 19.4 Å². The Balaban J connectivity index is 2.42. The number of esters is 1. The summed E-state index contributed by atoms with van der Waals surface area (Å²) >= 11 is 0. The van der Waals surface area contributed by atoms with Gasteiger partial charge >= 0.3 is 5.97 Å². The molecule has 0 aromatic carbocycles. The minimum atomic E-state index is -0.138. The van der Waals surface area contributed by atoms with Gasteiger partial charge in [0.2, 0.25) is 0 Å². The van der Waals surface area contributed by atoms with Gasteiger partial charge in [0.25, 0.3) is 0 Å². The van der Waals surface area contributed by atoms with Crippen molar-refractivity contribution in [2.24, 2.45) is 0 Å². The Kier molecular flexibility index (Phi) is 4.87. The normalized spacial score (nSPS) is 10.3. The van der Waals surface area contributed by atoms with Crippen molar-refractivity contribution in [1.82, 2.24) is 10.2 Å². The number of aryl methyl sites for hydroxylation is 2. The molecule has 0 amide bonds. The van der Waals surface area contributed by atoms with Crippen LogP contribution in [0.2, 0.25) is 0 Å². The summed E-state index contributed by atoms with van der Waals surface area (Å²) in [6.45, 7) is 4.38. The molecule has 0 bridgehead atoms. The monoisotopic (exact) mass is 210 g/mol. The van der Waals surface area contributed by atoms with E-state index in [2.05, 4.69) is 17.1 Å². The summed E-state index contributed by atoms with van der Waals surface area (Å²) in [4.78, 5) is 11.2. The molecule has 4 heteroatoms. The lowest BCUT2D eigenvalue weighted by atomic mass is 10.1. The van der Waals surface area contributed by atoms with Gasteiger partial charge in [-0.05, 0) is 25.3 Å². The van der Waals surface area contributed by atoms with Crippen molar-refractivity contribution < 1.29 is 9.53 Å². The standard InChI is InChI=1S/C11H18N2O2/c1-3-5-10-9(8-12-13-10)6-7-11(14)15-4-2/h8H,3-7H2,1-2H3,(H,12,13). The number of nitrogens with zero attached hydrogens (tertiary/aromatic N) is 1. The van der Waals surface area contributed by atoms with Crippen molar-refractivity contribution in [2.45, 2.75) is 39.5 Å². The number of aromatic nitrogens is 2. The van der Waals surface area contributed by atoms with Crippen LogP contribution in [0.25, 0.3) is 0 Å². The predicted octanol–water partition coefficient (Wildman–Crippen LogP) is 1.86. The molecule has 84 valence electrons. The molecule has 0 spiro atoms. The molecule has 0 atom stereocenters. The summed E-state index contributed by atoms with van der Waals surface area (Å²) in [7, 11) is 0. The molecule has 1 heterocycles. The maximum Gasteiger partial charge on any atom is 0.306 e. The zero-order valence-electron chi connectivity index (χ0n) is 9.38. The summed E-state index contributed by atoms with van der Waals surface area (Å²) in [5.41, 5.74) is 2.20. The van der Waals surface area contributed by atoms with Gasteiger partial charge in [-0.15, -0.1) is 0 Å². The second-order valence-corrected chi connectivity index (χ2v) is 3.41. The van der Waals surface area contributed by atoms with Gasteiger partial charge in [-0.1, -0.05) is 13.3 Å². The molecule has 0 aliphatic carbocycles. The van der Waals surface area contributed by atoms with Crippen LogP contribution in [0.4, 0.5) is 0 Å². The minimum Gasteiger partial charge on any atom is -0.466 e. The quantitative estimate of drug-likeness (QED) is 0.729. The van der Waals surface area contributed by atoms with E-state index in [1.165, 1.54) is 0 Å². The number of carbonyl (C=O) groups is 1. The first-order chi connectivity index (χ1) is 7.27. The van der Waals surface area contributed by atoms with Crippen LogP contribution in [0, 0.1) is 0 Å². The Morgan fingerprint density at radius 3 is 2.93 bits per heavy atom. The van der Waals surface area contributed by atoms with Crippen molar-refractivity contribution in [3.8, 4) is 0 Å². The molecule has 1 N–H and O–H groups in total. The third-order valence-corrected chi connectivity index (χ3v) is 2.20. The average molecular weight is 210 g/mol. The molecular weight excluding hydrogens is 192 g/mol. The SMILES string of the molecule is CCCc1n[nH]cc1CCC(=O)OCC. The van der Waals surface area contributed by atoms with Crippen LogP contribution in [-0.2, 0) is 22.4 Å². The first kappa shape index (κ1) is 11.8. The van der Waals surface area contributed by atoms with E-state index in [1.54, 1.807) is 0 Å². The molecule has 0 fully saturated rings. The maximum absolute atomic E-state index is 11.2. The summed E-state index contributed by atoms with van der Waals surface area (Å²) in [6.07, 6.45) is 5.04. The van der Waals surface area contributed by atoms with Gasteiger partial charge in [0, 0.05) is 12.6 Å². The van der Waals surface area contributed by atoms with E-state index in [0.717, 1.165) is 24.1 Å². The van der Waals surface area contributed by atoms with Crippen LogP contribution in [0.5, 0.6) is 0 Å². The maximum atomic E-state index is 11.2. The third-order valence-electron chi connectivity index (χ3n) is 2.20. The summed E-state index contributed by atoms with van der Waals surface area (Å²) < 4.78 is 4.87. The first-order valence-electron chi connectivity index (χ1n) is 5.45. The summed E-state index contributed by atoms with van der Waals surface area (Å²) in [5.74, 6) is -0.138. The average Bonchev–Trinajstić information content (AvgIpc) is 2.64. The predicted molar refractivity (Wildman–Crippen MR) is 57.5 cm³/mol. The van der Waals surface area contributed by atoms with E-state index in [4.69, 9.17) is 4.74 Å². The molecule has 0 unspecified atom stereocenters. The van der Waals surface area contributed by atoms with Crippen molar-refractivity contribution in [2.75, 3.05) is 6.61 Å². The molecule has 0 aliphatic rings. The lowest BCUT2D eigenvalue weighted by molar-refractivity contribution is -0.143. The number of rotatable bonds is 6. The van der Waals surface area contributed by atoms with E-state index in [-0.39, 0.29) is 5.97 Å². The van der Waals surface area contributed by atoms with Crippen molar-refractivity contribution in [1.29, 1.82) is 0 Å². The first-order valence-corrected chi connectivity index (χ1v) is 5.45. The van der Waals surface area contributed by atoms with Gasteiger partial charge < -0.3 is 4.74 Å². The third kappa shape index (κ3) is 3.73. The Morgan fingerprint density at radius 1 is 1.47 bits per heavy atom. The number of carbonyl (C=O) groups excluding carboxylic acids is 1. The van der Waals surface area contributed by atoms with Crippen molar-refractivity contribution >= 4 is 5.97 Å². The highest BCUT2D eigenvalue weighted by atomic mass is 16.5. The number of hydrogen-bond acceptors (Lipinski definition) is 3. The van der Waals surface area contributed by atoms with Gasteiger partial charge in [-0.2, -0.15) is 5.10 Å². The zero-order chi connectivity index (χ0) is 11.1. The van der Waals surface area contributed by atoms with Crippen LogP contribution in [0.3, 0.4) is 0 Å². The van der Waals surface area contributed by atoms with Gasteiger partial charge in [0.1, 0.15) is 0 Å². The van der Waals surface area contributed by atoms with Crippen molar-refractivity contribution in [3.05, 3.63) is 17.5 Å². The van der Waals surface area contributed by atoms with Gasteiger partial charge in [0.05, 0.1) is 12.3 Å². The number of hydrogen-bond donors (Lipinski definition) is 1. The van der Waals surface area contributed by atoms with Crippen LogP contribution in [-0.4, -0.2) is 22.8 Å². The highest BCUT2D eigenvalue weighted by molar-refractivity contribution is 5.69. The van der Waals surface area contributed by atoms with Crippen LogP contribution >= 0.6 is 0 Å². The largest absolute Gasteiger partial charge is 0.466 e. The Hall–Kier alpha value is -1.32. The summed E-state index contributed by atoms with van der Waals surface area (Å²) in [6, 6.07) is 0. The van der Waals surface area contributed by atoms with E-state index in [9.17, 15) is 4.79 Å². The molecule has 0 saturated carbocycles. The molecule has 4 nitrogen and oxygen atoms in total. The number of ether oxygens (including phenoxy) is 1. The topological polar surface area (TPSA) is 55.0 Å². The molecule has 1 rings (SSSR count). The van der Waals surface area contributed by atoms with Crippen LogP contribution in [0.1, 0.15) is 37.9 Å². The molecule has 0 radical (unpaired) electrons. The number of nitrogens with one attached hydrogen (secondary N) is 1. The highest BCUT2D eigenvalue weighted by Crippen LogP contribution is 2.10. The Bertz CT molecular complexity index is 307. The Labute approximate surface area is 90.0 Å².